The van der Waals surface area contributed by atoms with Crippen LogP contribution in [0, 0.1) is 0 Å². The van der Waals surface area contributed by atoms with E-state index in [0.717, 1.165) is 0 Å². The van der Waals surface area contributed by atoms with Crippen molar-refractivity contribution in [2.45, 2.75) is 18.6 Å². The summed E-state index contributed by atoms with van der Waals surface area (Å²) in [4.78, 5) is 24.8. The number of aliphatic carboxylic acids is 1. The number of hydrogen-bond acceptors (Lipinski definition) is 4. The van der Waals surface area contributed by atoms with Crippen LogP contribution in [0.25, 0.3) is 5.52 Å². The lowest BCUT2D eigenvalue weighted by atomic mass is 10.2. The maximum Gasteiger partial charge on any atom is 0.326 e. The molecular weight excluding hydrogens is 262 g/mol. The standard InChI is InChI=1S/C13H13N3O4/c17-8-5-11(13(19)20)15(7-8)12(18)9-6-14-16-4-2-1-3-10(9)16/h1-4,6,8,11,17H,5,7H2,(H,19,20)/t8-,11-/m1/s1. The monoisotopic (exact) mass is 275 g/mol. The predicted molar refractivity (Wildman–Crippen MR) is 68.3 cm³/mol. The van der Waals surface area contributed by atoms with Crippen molar-refractivity contribution < 1.29 is 19.8 Å². The number of aliphatic hydroxyl groups is 1. The number of carboxylic acids is 1. The molecule has 1 aliphatic rings. The highest BCUT2D eigenvalue weighted by Crippen LogP contribution is 2.22. The first-order chi connectivity index (χ1) is 9.58. The topological polar surface area (TPSA) is 95.1 Å². The summed E-state index contributed by atoms with van der Waals surface area (Å²) in [6.45, 7) is 0.0278. The molecule has 2 atom stereocenters. The summed E-state index contributed by atoms with van der Waals surface area (Å²) in [6, 6.07) is 4.31. The zero-order chi connectivity index (χ0) is 14.3. The molecule has 0 unspecified atom stereocenters. The number of likely N-dealkylation sites (tertiary alicyclic amines) is 1. The highest BCUT2D eigenvalue weighted by molar-refractivity contribution is 6.02. The van der Waals surface area contributed by atoms with E-state index < -0.39 is 24.0 Å². The fourth-order valence-corrected chi connectivity index (χ4v) is 2.53. The summed E-state index contributed by atoms with van der Waals surface area (Å²) in [5.41, 5.74) is 0.953. The Hall–Kier alpha value is -2.41. The summed E-state index contributed by atoms with van der Waals surface area (Å²) >= 11 is 0. The smallest absolute Gasteiger partial charge is 0.326 e. The van der Waals surface area contributed by atoms with E-state index in [2.05, 4.69) is 5.10 Å². The SMILES string of the molecule is O=C(O)[C@H]1C[C@@H](O)CN1C(=O)c1cnn2ccccc12. The summed E-state index contributed by atoms with van der Waals surface area (Å²) in [5, 5.41) is 22.8. The maximum atomic E-state index is 12.5. The number of hydrogen-bond donors (Lipinski definition) is 2. The molecule has 0 saturated carbocycles. The van der Waals surface area contributed by atoms with Crippen molar-refractivity contribution in [2.24, 2.45) is 0 Å². The first kappa shape index (κ1) is 12.6. The Morgan fingerprint density at radius 2 is 2.15 bits per heavy atom. The minimum atomic E-state index is -1.11. The second kappa shape index (κ2) is 4.61. The first-order valence-corrected chi connectivity index (χ1v) is 6.22. The predicted octanol–water partition coefficient (Wildman–Crippen LogP) is -0.00570. The van der Waals surface area contributed by atoms with Crippen molar-refractivity contribution in [1.29, 1.82) is 0 Å². The molecule has 3 heterocycles. The van der Waals surface area contributed by atoms with Crippen LogP contribution in [0.5, 0.6) is 0 Å². The van der Waals surface area contributed by atoms with Crippen molar-refractivity contribution in [3.05, 3.63) is 36.2 Å². The summed E-state index contributed by atoms with van der Waals surface area (Å²) < 4.78 is 1.55. The number of aliphatic hydroxyl groups excluding tert-OH is 1. The van der Waals surface area contributed by atoms with Gasteiger partial charge in [-0.15, -0.1) is 0 Å². The van der Waals surface area contributed by atoms with Gasteiger partial charge in [0, 0.05) is 19.2 Å². The second-order valence-electron chi connectivity index (χ2n) is 4.79. The van der Waals surface area contributed by atoms with Gasteiger partial charge in [-0.2, -0.15) is 5.10 Å². The average molecular weight is 275 g/mol. The van der Waals surface area contributed by atoms with Crippen LogP contribution in [-0.4, -0.2) is 55.3 Å². The molecule has 0 radical (unpaired) electrons. The number of fused-ring (bicyclic) bond motifs is 1. The van der Waals surface area contributed by atoms with E-state index in [4.69, 9.17) is 5.11 Å². The third-order valence-corrected chi connectivity index (χ3v) is 3.48. The highest BCUT2D eigenvalue weighted by atomic mass is 16.4. The van der Waals surface area contributed by atoms with Crippen molar-refractivity contribution in [2.75, 3.05) is 6.54 Å². The van der Waals surface area contributed by atoms with Gasteiger partial charge in [-0.1, -0.05) is 6.07 Å². The molecular formula is C13H13N3O4. The molecule has 0 aromatic carbocycles. The van der Waals surface area contributed by atoms with Gasteiger partial charge < -0.3 is 15.1 Å². The molecule has 0 spiro atoms. The Kier molecular flexibility index (Phi) is 2.90. The maximum absolute atomic E-state index is 12.5. The molecule has 1 aliphatic heterocycles. The van der Waals surface area contributed by atoms with Gasteiger partial charge in [0.1, 0.15) is 6.04 Å². The summed E-state index contributed by atoms with van der Waals surface area (Å²) in [6.07, 6.45) is 2.38. The normalized spacial score (nSPS) is 22.4. The van der Waals surface area contributed by atoms with E-state index in [1.54, 1.807) is 28.9 Å². The lowest BCUT2D eigenvalue weighted by Gasteiger charge is -2.20. The van der Waals surface area contributed by atoms with Gasteiger partial charge in [-0.25, -0.2) is 9.31 Å². The summed E-state index contributed by atoms with van der Waals surface area (Å²) in [7, 11) is 0. The van der Waals surface area contributed by atoms with Crippen LogP contribution >= 0.6 is 0 Å². The van der Waals surface area contributed by atoms with Gasteiger partial charge in [0.15, 0.2) is 0 Å². The molecule has 1 fully saturated rings. The highest BCUT2D eigenvalue weighted by Gasteiger charge is 2.39. The largest absolute Gasteiger partial charge is 0.480 e. The molecule has 104 valence electrons. The molecule has 7 nitrogen and oxygen atoms in total. The van der Waals surface area contributed by atoms with Gasteiger partial charge in [0.2, 0.25) is 0 Å². The lowest BCUT2D eigenvalue weighted by Crippen LogP contribution is -2.40. The number of aromatic nitrogens is 2. The lowest BCUT2D eigenvalue weighted by molar-refractivity contribution is -0.141. The van der Waals surface area contributed by atoms with Crippen LogP contribution in [0.1, 0.15) is 16.8 Å². The molecule has 0 aliphatic carbocycles. The number of carbonyl (C=O) groups excluding carboxylic acids is 1. The molecule has 0 bridgehead atoms. The quantitative estimate of drug-likeness (QED) is 0.804. The number of nitrogens with zero attached hydrogens (tertiary/aromatic N) is 3. The van der Waals surface area contributed by atoms with Gasteiger partial charge in [-0.05, 0) is 12.1 Å². The Labute approximate surface area is 114 Å². The van der Waals surface area contributed by atoms with E-state index in [1.165, 1.54) is 11.1 Å². The zero-order valence-corrected chi connectivity index (χ0v) is 10.5. The Bertz CT molecular complexity index is 681. The number of carbonyl (C=O) groups is 2. The van der Waals surface area contributed by atoms with Crippen molar-refractivity contribution in [3.8, 4) is 0 Å². The fraction of sp³-hybridized carbons (Fsp3) is 0.308. The van der Waals surface area contributed by atoms with E-state index >= 15 is 0 Å². The average Bonchev–Trinajstić information content (AvgIpc) is 3.01. The molecule has 3 rings (SSSR count). The third kappa shape index (κ3) is 1.92. The first-order valence-electron chi connectivity index (χ1n) is 6.22. The molecule has 2 N–H and O–H groups in total. The zero-order valence-electron chi connectivity index (χ0n) is 10.5. The Morgan fingerprint density at radius 1 is 1.35 bits per heavy atom. The Morgan fingerprint density at radius 3 is 2.90 bits per heavy atom. The van der Waals surface area contributed by atoms with Crippen LogP contribution in [-0.2, 0) is 4.79 Å². The van der Waals surface area contributed by atoms with Crippen LogP contribution < -0.4 is 0 Å². The number of rotatable bonds is 2. The van der Waals surface area contributed by atoms with Crippen molar-refractivity contribution in [3.63, 3.8) is 0 Å². The van der Waals surface area contributed by atoms with E-state index in [9.17, 15) is 14.7 Å². The number of pyridine rings is 1. The van der Waals surface area contributed by atoms with Gasteiger partial charge in [0.25, 0.3) is 5.91 Å². The number of carboxylic acid groups (broad SMARTS) is 1. The van der Waals surface area contributed by atoms with Gasteiger partial charge >= 0.3 is 5.97 Å². The molecule has 20 heavy (non-hydrogen) atoms. The fourth-order valence-electron chi connectivity index (χ4n) is 2.53. The number of β-amino-alcohol motifs (C(OH)–C–C–N with tert-alkyl or cyclic N) is 1. The third-order valence-electron chi connectivity index (χ3n) is 3.48. The van der Waals surface area contributed by atoms with Gasteiger partial charge in [-0.3, -0.25) is 4.79 Å². The minimum Gasteiger partial charge on any atom is -0.480 e. The van der Waals surface area contributed by atoms with Crippen LogP contribution in [0.15, 0.2) is 30.6 Å². The van der Waals surface area contributed by atoms with Crippen LogP contribution in [0.4, 0.5) is 0 Å². The molecule has 1 saturated heterocycles. The molecule has 1 amide bonds. The van der Waals surface area contributed by atoms with E-state index in [1.807, 2.05) is 0 Å². The second-order valence-corrected chi connectivity index (χ2v) is 4.79. The minimum absolute atomic E-state index is 0.0278. The van der Waals surface area contributed by atoms with E-state index in [0.29, 0.717) is 11.1 Å². The molecule has 2 aromatic rings. The van der Waals surface area contributed by atoms with Crippen molar-refractivity contribution >= 4 is 17.4 Å². The van der Waals surface area contributed by atoms with Crippen LogP contribution in [0.3, 0.4) is 0 Å². The van der Waals surface area contributed by atoms with Crippen molar-refractivity contribution in [1.82, 2.24) is 14.5 Å². The van der Waals surface area contributed by atoms with Crippen LogP contribution in [0.2, 0.25) is 0 Å². The summed E-state index contributed by atoms with van der Waals surface area (Å²) in [5.74, 6) is -1.53. The molecule has 7 heteroatoms. The Balaban J connectivity index is 1.98. The van der Waals surface area contributed by atoms with Gasteiger partial charge in [0.05, 0.1) is 23.4 Å². The molecule has 2 aromatic heterocycles. The number of amides is 1. The van der Waals surface area contributed by atoms with E-state index in [-0.39, 0.29) is 13.0 Å².